The van der Waals surface area contributed by atoms with Crippen LogP contribution in [-0.2, 0) is 14.8 Å². The smallest absolute Gasteiger partial charge is 0.228 e. The summed E-state index contributed by atoms with van der Waals surface area (Å²) >= 11 is 5.59. The van der Waals surface area contributed by atoms with Crippen LogP contribution in [0.15, 0.2) is 18.2 Å². The monoisotopic (exact) mass is 348 g/mol. The molecule has 1 atom stereocenters. The number of nitrogens with zero attached hydrogens (tertiary/aromatic N) is 1. The van der Waals surface area contributed by atoms with Gasteiger partial charge in [0, 0.05) is 18.8 Å². The van der Waals surface area contributed by atoms with Crippen molar-refractivity contribution in [2.45, 2.75) is 19.8 Å². The van der Waals surface area contributed by atoms with Crippen LogP contribution in [0.5, 0.6) is 0 Å². The molecule has 22 heavy (non-hydrogen) atoms. The molecular weight excluding hydrogens is 331 g/mol. The van der Waals surface area contributed by atoms with Gasteiger partial charge in [0.05, 0.1) is 16.7 Å². The summed E-state index contributed by atoms with van der Waals surface area (Å²) in [5, 5.41) is 2.59. The van der Waals surface area contributed by atoms with E-state index in [2.05, 4.69) is 5.32 Å². The van der Waals surface area contributed by atoms with Crippen LogP contribution < -0.4 is 5.32 Å². The molecule has 1 unspecified atom stereocenters. The van der Waals surface area contributed by atoms with Gasteiger partial charge < -0.3 is 5.32 Å². The Hall–Kier alpha value is -1.18. The van der Waals surface area contributed by atoms with E-state index in [-0.39, 0.29) is 23.2 Å². The number of carbonyl (C=O) groups is 1. The summed E-state index contributed by atoms with van der Waals surface area (Å²) in [6, 6.07) is 4.01. The normalized spacial score (nSPS) is 19.9. The molecular formula is C14H18ClFN2O3S. The molecule has 5 nitrogen and oxygen atoms in total. The summed E-state index contributed by atoms with van der Waals surface area (Å²) in [5.41, 5.74) is 0.308. The van der Waals surface area contributed by atoms with E-state index in [1.807, 2.05) is 0 Å². The zero-order valence-electron chi connectivity index (χ0n) is 12.2. The minimum atomic E-state index is -3.30. The second-order valence-corrected chi connectivity index (χ2v) is 7.88. The van der Waals surface area contributed by atoms with Gasteiger partial charge in [-0.3, -0.25) is 4.79 Å². The van der Waals surface area contributed by atoms with Crippen molar-refractivity contribution >= 4 is 33.2 Å². The summed E-state index contributed by atoms with van der Waals surface area (Å²) in [6.45, 7) is 2.18. The lowest BCUT2D eigenvalue weighted by molar-refractivity contribution is -0.120. The van der Waals surface area contributed by atoms with E-state index >= 15 is 0 Å². The predicted molar refractivity (Wildman–Crippen MR) is 83.8 cm³/mol. The average Bonchev–Trinajstić information content (AvgIpc) is 2.51. The third-order valence-corrected chi connectivity index (χ3v) is 5.85. The van der Waals surface area contributed by atoms with Crippen LogP contribution in [0.4, 0.5) is 10.1 Å². The van der Waals surface area contributed by atoms with Crippen LogP contribution in [0.3, 0.4) is 0 Å². The molecule has 1 fully saturated rings. The zero-order chi connectivity index (χ0) is 16.3. The van der Waals surface area contributed by atoms with Gasteiger partial charge in [0.2, 0.25) is 15.9 Å². The summed E-state index contributed by atoms with van der Waals surface area (Å²) in [4.78, 5) is 12.2. The molecule has 8 heteroatoms. The Morgan fingerprint density at radius 3 is 2.86 bits per heavy atom. The first-order chi connectivity index (χ1) is 10.3. The van der Waals surface area contributed by atoms with Gasteiger partial charge in [0.15, 0.2) is 0 Å². The summed E-state index contributed by atoms with van der Waals surface area (Å²) in [5.74, 6) is -1.34. The van der Waals surface area contributed by atoms with Crippen LogP contribution in [0.1, 0.15) is 19.8 Å². The number of halogens is 2. The highest BCUT2D eigenvalue weighted by atomic mass is 35.5. The van der Waals surface area contributed by atoms with Crippen molar-refractivity contribution in [1.29, 1.82) is 0 Å². The van der Waals surface area contributed by atoms with Gasteiger partial charge in [-0.1, -0.05) is 11.6 Å². The van der Waals surface area contributed by atoms with Crippen molar-refractivity contribution in [3.8, 4) is 0 Å². The van der Waals surface area contributed by atoms with Gasteiger partial charge in [-0.15, -0.1) is 0 Å². The molecule has 1 aromatic rings. The van der Waals surface area contributed by atoms with Gasteiger partial charge in [-0.2, -0.15) is 0 Å². The van der Waals surface area contributed by atoms with Gasteiger partial charge in [-0.05, 0) is 38.0 Å². The van der Waals surface area contributed by atoms with Gasteiger partial charge in [0.25, 0.3) is 0 Å². The molecule has 2 rings (SSSR count). The molecule has 0 radical (unpaired) electrons. The summed E-state index contributed by atoms with van der Waals surface area (Å²) in [7, 11) is -3.30. The zero-order valence-corrected chi connectivity index (χ0v) is 13.8. The van der Waals surface area contributed by atoms with E-state index < -0.39 is 21.8 Å². The van der Waals surface area contributed by atoms with E-state index in [0.717, 1.165) is 6.07 Å². The second-order valence-electron chi connectivity index (χ2n) is 5.22. The molecule has 1 heterocycles. The highest BCUT2D eigenvalue weighted by molar-refractivity contribution is 7.89. The average molecular weight is 349 g/mol. The minimum Gasteiger partial charge on any atom is -0.326 e. The van der Waals surface area contributed by atoms with Crippen molar-refractivity contribution in [1.82, 2.24) is 4.31 Å². The molecule has 1 amide bonds. The van der Waals surface area contributed by atoms with Crippen LogP contribution in [-0.4, -0.2) is 37.5 Å². The highest BCUT2D eigenvalue weighted by Crippen LogP contribution is 2.23. The molecule has 0 aliphatic carbocycles. The Morgan fingerprint density at radius 1 is 1.50 bits per heavy atom. The standard InChI is InChI=1S/C14H18ClFN2O3S/c1-2-22(20,21)18-7-3-4-10(9-18)14(19)17-11-5-6-12(15)13(16)8-11/h5-6,8,10H,2-4,7,9H2,1H3,(H,17,19). The van der Waals surface area contributed by atoms with E-state index in [1.165, 1.54) is 16.4 Å². The predicted octanol–water partition coefficient (Wildman–Crippen LogP) is 2.48. The molecule has 1 aromatic carbocycles. The van der Waals surface area contributed by atoms with E-state index in [9.17, 15) is 17.6 Å². The molecule has 122 valence electrons. The fourth-order valence-corrected chi connectivity index (χ4v) is 3.71. The lowest BCUT2D eigenvalue weighted by Crippen LogP contribution is -2.44. The molecule has 0 bridgehead atoms. The third-order valence-electron chi connectivity index (χ3n) is 3.70. The largest absolute Gasteiger partial charge is 0.326 e. The lowest BCUT2D eigenvalue weighted by Gasteiger charge is -2.30. The van der Waals surface area contributed by atoms with Crippen LogP contribution in [0.25, 0.3) is 0 Å². The number of anilines is 1. The van der Waals surface area contributed by atoms with Gasteiger partial charge in [-0.25, -0.2) is 17.1 Å². The number of carbonyl (C=O) groups excluding carboxylic acids is 1. The minimum absolute atomic E-state index is 0.0176. The van der Waals surface area contributed by atoms with Crippen molar-refractivity contribution < 1.29 is 17.6 Å². The Bertz CT molecular complexity index is 666. The first-order valence-corrected chi connectivity index (χ1v) is 9.06. The van der Waals surface area contributed by atoms with Gasteiger partial charge in [0.1, 0.15) is 5.82 Å². The van der Waals surface area contributed by atoms with Crippen molar-refractivity contribution in [3.63, 3.8) is 0 Å². The van der Waals surface area contributed by atoms with Crippen molar-refractivity contribution in [2.24, 2.45) is 5.92 Å². The van der Waals surface area contributed by atoms with Crippen molar-refractivity contribution in [3.05, 3.63) is 29.0 Å². The summed E-state index contributed by atoms with van der Waals surface area (Å²) < 4.78 is 38.5. The Labute approximate surface area is 134 Å². The number of amides is 1. The van der Waals surface area contributed by atoms with Crippen molar-refractivity contribution in [2.75, 3.05) is 24.2 Å². The third kappa shape index (κ3) is 3.97. The maximum atomic E-state index is 13.4. The summed E-state index contributed by atoms with van der Waals surface area (Å²) in [6.07, 6.45) is 1.24. The molecule has 0 saturated carbocycles. The number of piperidine rings is 1. The Morgan fingerprint density at radius 2 is 2.23 bits per heavy atom. The molecule has 0 aromatic heterocycles. The van der Waals surface area contributed by atoms with E-state index in [4.69, 9.17) is 11.6 Å². The maximum absolute atomic E-state index is 13.4. The highest BCUT2D eigenvalue weighted by Gasteiger charge is 2.31. The number of sulfonamides is 1. The molecule has 0 spiro atoms. The molecule has 1 N–H and O–H groups in total. The molecule has 1 saturated heterocycles. The number of hydrogen-bond donors (Lipinski definition) is 1. The number of rotatable bonds is 4. The lowest BCUT2D eigenvalue weighted by atomic mass is 9.99. The first kappa shape index (κ1) is 17.2. The Kier molecular flexibility index (Phi) is 5.41. The number of benzene rings is 1. The fraction of sp³-hybridized carbons (Fsp3) is 0.500. The van der Waals surface area contributed by atoms with Crippen LogP contribution in [0.2, 0.25) is 5.02 Å². The molecule has 1 aliphatic rings. The number of hydrogen-bond acceptors (Lipinski definition) is 3. The Balaban J connectivity index is 2.04. The second kappa shape index (κ2) is 6.93. The number of nitrogens with one attached hydrogen (secondary N) is 1. The van der Waals surface area contributed by atoms with E-state index in [1.54, 1.807) is 6.92 Å². The SMILES string of the molecule is CCS(=O)(=O)N1CCCC(C(=O)Nc2ccc(Cl)c(F)c2)C1. The van der Waals surface area contributed by atoms with Crippen LogP contribution in [0, 0.1) is 11.7 Å². The topological polar surface area (TPSA) is 66.5 Å². The van der Waals surface area contributed by atoms with Gasteiger partial charge >= 0.3 is 0 Å². The maximum Gasteiger partial charge on any atom is 0.228 e. The molecule has 1 aliphatic heterocycles. The van der Waals surface area contributed by atoms with E-state index in [0.29, 0.717) is 25.1 Å². The van der Waals surface area contributed by atoms with Crippen LogP contribution >= 0.6 is 11.6 Å². The quantitative estimate of drug-likeness (QED) is 0.909. The fourth-order valence-electron chi connectivity index (χ4n) is 2.41. The first-order valence-electron chi connectivity index (χ1n) is 7.07.